The minimum absolute atomic E-state index is 0.242. The quantitative estimate of drug-likeness (QED) is 0.785. The van der Waals surface area contributed by atoms with Crippen LogP contribution >= 0.6 is 0 Å². The molecule has 0 aromatic heterocycles. The zero-order chi connectivity index (χ0) is 13.1. The van der Waals surface area contributed by atoms with Gasteiger partial charge in [0.1, 0.15) is 6.42 Å². The van der Waals surface area contributed by atoms with Crippen molar-refractivity contribution in [3.05, 3.63) is 23.8 Å². The number of anilines is 1. The van der Waals surface area contributed by atoms with Crippen LogP contribution < -0.4 is 5.32 Å². The molecule has 0 radical (unpaired) electrons. The van der Waals surface area contributed by atoms with Gasteiger partial charge in [0, 0.05) is 5.69 Å². The van der Waals surface area contributed by atoms with Crippen LogP contribution in [0.4, 0.5) is 5.69 Å². The molecule has 0 atom stereocenters. The smallest absolute Gasteiger partial charge is 0.294 e. The highest BCUT2D eigenvalue weighted by molar-refractivity contribution is 7.85. The summed E-state index contributed by atoms with van der Waals surface area (Å²) < 4.78 is 30.5. The van der Waals surface area contributed by atoms with E-state index in [1.165, 1.54) is 18.2 Å². The van der Waals surface area contributed by atoms with E-state index >= 15 is 0 Å². The van der Waals surface area contributed by atoms with Gasteiger partial charge in [-0.2, -0.15) is 13.7 Å². The summed E-state index contributed by atoms with van der Waals surface area (Å²) in [6.07, 6.45) is -0.278. The maximum absolute atomic E-state index is 11.1. The molecule has 2 N–H and O–H groups in total. The van der Waals surface area contributed by atoms with E-state index in [9.17, 15) is 13.2 Å². The van der Waals surface area contributed by atoms with Crippen LogP contribution in [0.2, 0.25) is 0 Å². The van der Waals surface area contributed by atoms with Crippen LogP contribution in [0.1, 0.15) is 12.0 Å². The molecule has 0 bridgehead atoms. The number of nitrogens with zero attached hydrogens (tertiary/aromatic N) is 1. The predicted molar refractivity (Wildman–Crippen MR) is 59.9 cm³/mol. The molecule has 90 valence electrons. The lowest BCUT2D eigenvalue weighted by Crippen LogP contribution is -2.11. The Morgan fingerprint density at radius 1 is 1.53 bits per heavy atom. The number of hydrogen-bond acceptors (Lipinski definition) is 4. The first-order chi connectivity index (χ1) is 7.84. The van der Waals surface area contributed by atoms with Crippen LogP contribution in [0.25, 0.3) is 0 Å². The monoisotopic (exact) mass is 254 g/mol. The molecule has 17 heavy (non-hydrogen) atoms. The predicted octanol–water partition coefficient (Wildman–Crippen LogP) is 1.09. The molecule has 1 rings (SSSR count). The van der Waals surface area contributed by atoms with E-state index in [4.69, 9.17) is 9.81 Å². The van der Waals surface area contributed by atoms with Crippen molar-refractivity contribution >= 4 is 21.7 Å². The van der Waals surface area contributed by atoms with E-state index < -0.39 is 16.0 Å². The number of benzene rings is 1. The standard InChI is InChI=1S/C10H10N2O4S/c1-7-6-8(17(14,15)16)2-3-9(7)12-10(13)4-5-11/h2-3,6H,4H2,1H3,(H,12,13)(H,14,15,16). The van der Waals surface area contributed by atoms with Gasteiger partial charge < -0.3 is 5.32 Å². The van der Waals surface area contributed by atoms with E-state index in [2.05, 4.69) is 5.32 Å². The van der Waals surface area contributed by atoms with Crippen molar-refractivity contribution in [3.63, 3.8) is 0 Å². The Balaban J connectivity index is 3.00. The average Bonchev–Trinajstić information content (AvgIpc) is 2.20. The Labute approximate surface area is 98.6 Å². The van der Waals surface area contributed by atoms with Gasteiger partial charge in [-0.3, -0.25) is 9.35 Å². The number of aryl methyl sites for hydroxylation is 1. The molecule has 0 fully saturated rings. The third-order valence-corrected chi connectivity index (χ3v) is 2.86. The number of carbonyl (C=O) groups excluding carboxylic acids is 1. The molecule has 6 nitrogen and oxygen atoms in total. The molecule has 1 amide bonds. The lowest BCUT2D eigenvalue weighted by atomic mass is 10.2. The average molecular weight is 254 g/mol. The molecule has 1 aromatic carbocycles. The molecule has 0 spiro atoms. The summed E-state index contributed by atoms with van der Waals surface area (Å²) in [6.45, 7) is 1.58. The number of rotatable bonds is 3. The van der Waals surface area contributed by atoms with Crippen molar-refractivity contribution in [2.75, 3.05) is 5.32 Å². The normalized spacial score (nSPS) is 10.6. The molecule has 0 aliphatic rings. The number of nitriles is 1. The molecule has 0 aliphatic heterocycles. The summed E-state index contributed by atoms with van der Waals surface area (Å²) in [6, 6.07) is 5.45. The summed E-state index contributed by atoms with van der Waals surface area (Å²) in [7, 11) is -4.25. The zero-order valence-corrected chi connectivity index (χ0v) is 9.78. The second-order valence-electron chi connectivity index (χ2n) is 3.33. The van der Waals surface area contributed by atoms with Crippen molar-refractivity contribution in [1.29, 1.82) is 5.26 Å². The number of amides is 1. The fourth-order valence-corrected chi connectivity index (χ4v) is 1.77. The molecule has 0 aliphatic carbocycles. The highest BCUT2D eigenvalue weighted by atomic mass is 32.2. The molecular weight excluding hydrogens is 244 g/mol. The molecular formula is C10H10N2O4S. The fourth-order valence-electron chi connectivity index (χ4n) is 1.20. The first kappa shape index (κ1) is 13.2. The topological polar surface area (TPSA) is 107 Å². The van der Waals surface area contributed by atoms with Gasteiger partial charge in [0.15, 0.2) is 0 Å². The Bertz CT molecular complexity index is 587. The van der Waals surface area contributed by atoms with E-state index in [-0.39, 0.29) is 11.3 Å². The van der Waals surface area contributed by atoms with Gasteiger partial charge in [0.25, 0.3) is 10.1 Å². The van der Waals surface area contributed by atoms with Gasteiger partial charge in [0.2, 0.25) is 5.91 Å². The SMILES string of the molecule is Cc1cc(S(=O)(=O)O)ccc1NC(=O)CC#N. The summed E-state index contributed by atoms with van der Waals surface area (Å²) in [4.78, 5) is 10.9. The third kappa shape index (κ3) is 3.55. The number of carbonyl (C=O) groups is 1. The summed E-state index contributed by atoms with van der Waals surface area (Å²) in [5.41, 5.74) is 0.879. The van der Waals surface area contributed by atoms with Crippen molar-refractivity contribution in [2.24, 2.45) is 0 Å². The Morgan fingerprint density at radius 2 is 2.18 bits per heavy atom. The van der Waals surface area contributed by atoms with Crippen LogP contribution in [0.15, 0.2) is 23.1 Å². The molecule has 1 aromatic rings. The highest BCUT2D eigenvalue weighted by Gasteiger charge is 2.11. The van der Waals surface area contributed by atoms with Crippen LogP contribution in [-0.4, -0.2) is 18.9 Å². The van der Waals surface area contributed by atoms with Gasteiger partial charge in [-0.1, -0.05) is 0 Å². The van der Waals surface area contributed by atoms with Gasteiger partial charge in [-0.15, -0.1) is 0 Å². The molecule has 0 saturated heterocycles. The van der Waals surface area contributed by atoms with E-state index in [0.717, 1.165) is 0 Å². The Hall–Kier alpha value is -1.91. The minimum atomic E-state index is -4.25. The molecule has 7 heteroatoms. The maximum Gasteiger partial charge on any atom is 0.294 e. The Morgan fingerprint density at radius 3 is 2.65 bits per heavy atom. The first-order valence-corrected chi connectivity index (χ1v) is 6.03. The van der Waals surface area contributed by atoms with Crippen molar-refractivity contribution < 1.29 is 17.8 Å². The maximum atomic E-state index is 11.1. The van der Waals surface area contributed by atoms with Crippen LogP contribution in [-0.2, 0) is 14.9 Å². The summed E-state index contributed by atoms with van der Waals surface area (Å²) in [5, 5.41) is 10.8. The minimum Gasteiger partial charge on any atom is -0.325 e. The third-order valence-electron chi connectivity index (χ3n) is 2.01. The van der Waals surface area contributed by atoms with E-state index in [1.54, 1.807) is 13.0 Å². The van der Waals surface area contributed by atoms with Crippen LogP contribution in [0.3, 0.4) is 0 Å². The lowest BCUT2D eigenvalue weighted by Gasteiger charge is -2.07. The van der Waals surface area contributed by atoms with E-state index in [0.29, 0.717) is 11.3 Å². The summed E-state index contributed by atoms with van der Waals surface area (Å²) >= 11 is 0. The highest BCUT2D eigenvalue weighted by Crippen LogP contribution is 2.19. The van der Waals surface area contributed by atoms with Crippen LogP contribution in [0.5, 0.6) is 0 Å². The fraction of sp³-hybridized carbons (Fsp3) is 0.200. The molecule has 0 unspecified atom stereocenters. The zero-order valence-electron chi connectivity index (χ0n) is 8.97. The van der Waals surface area contributed by atoms with Crippen molar-refractivity contribution in [3.8, 4) is 6.07 Å². The molecule has 0 saturated carbocycles. The number of nitrogens with one attached hydrogen (secondary N) is 1. The first-order valence-electron chi connectivity index (χ1n) is 4.59. The lowest BCUT2D eigenvalue weighted by molar-refractivity contribution is -0.115. The van der Waals surface area contributed by atoms with Gasteiger partial charge in [-0.05, 0) is 30.7 Å². The largest absolute Gasteiger partial charge is 0.325 e. The second kappa shape index (κ2) is 4.95. The van der Waals surface area contributed by atoms with Crippen molar-refractivity contribution in [1.82, 2.24) is 0 Å². The Kier molecular flexibility index (Phi) is 3.83. The second-order valence-corrected chi connectivity index (χ2v) is 4.76. The van der Waals surface area contributed by atoms with E-state index in [1.807, 2.05) is 0 Å². The molecule has 0 heterocycles. The van der Waals surface area contributed by atoms with Gasteiger partial charge in [-0.25, -0.2) is 0 Å². The van der Waals surface area contributed by atoms with Gasteiger partial charge >= 0.3 is 0 Å². The van der Waals surface area contributed by atoms with Crippen molar-refractivity contribution in [2.45, 2.75) is 18.2 Å². The van der Waals surface area contributed by atoms with Gasteiger partial charge in [0.05, 0.1) is 11.0 Å². The van der Waals surface area contributed by atoms with Crippen LogP contribution in [0, 0.1) is 18.3 Å². The number of hydrogen-bond donors (Lipinski definition) is 2. The summed E-state index contributed by atoms with van der Waals surface area (Å²) in [5.74, 6) is -0.477.